The Morgan fingerprint density at radius 3 is 2.88 bits per heavy atom. The lowest BCUT2D eigenvalue weighted by Crippen LogP contribution is -2.24. The van der Waals surface area contributed by atoms with Gasteiger partial charge in [0.15, 0.2) is 0 Å². The number of nitrogens with zero attached hydrogens (tertiary/aromatic N) is 2. The number of aryl methyl sites for hydroxylation is 1. The normalized spacial score (nSPS) is 10.5. The molecule has 0 aliphatic carbocycles. The smallest absolute Gasteiger partial charge is 0.251 e. The summed E-state index contributed by atoms with van der Waals surface area (Å²) >= 11 is 0. The molecule has 0 atom stereocenters. The number of hydrogen-bond donors (Lipinski definition) is 2. The van der Waals surface area contributed by atoms with E-state index in [9.17, 15) is 9.59 Å². The summed E-state index contributed by atoms with van der Waals surface area (Å²) in [6.07, 6.45) is 3.50. The van der Waals surface area contributed by atoms with Crippen molar-refractivity contribution in [2.75, 3.05) is 7.11 Å². The number of carbonyl (C=O) groups is 1. The van der Waals surface area contributed by atoms with Crippen molar-refractivity contribution in [3.05, 3.63) is 76.0 Å². The molecule has 2 heterocycles. The number of amides is 1. The van der Waals surface area contributed by atoms with Crippen LogP contribution in [0.1, 0.15) is 21.6 Å². The molecule has 7 nitrogen and oxygen atoms in total. The molecule has 25 heavy (non-hydrogen) atoms. The lowest BCUT2D eigenvalue weighted by Gasteiger charge is -2.07. The van der Waals surface area contributed by atoms with Crippen LogP contribution in [0.2, 0.25) is 0 Å². The van der Waals surface area contributed by atoms with Gasteiger partial charge in [-0.15, -0.1) is 0 Å². The number of carbonyl (C=O) groups excluding carboxylic acids is 1. The number of nitrogens with one attached hydrogen (secondary N) is 2. The van der Waals surface area contributed by atoms with Gasteiger partial charge in [0.05, 0.1) is 13.3 Å². The molecule has 2 aromatic heterocycles. The average molecular weight is 338 g/mol. The molecular formula is C18H18N4O3. The van der Waals surface area contributed by atoms with Gasteiger partial charge in [-0.3, -0.25) is 9.59 Å². The van der Waals surface area contributed by atoms with Crippen LogP contribution in [0.15, 0.2) is 53.6 Å². The zero-order valence-corrected chi connectivity index (χ0v) is 13.9. The van der Waals surface area contributed by atoms with Crippen LogP contribution in [0.4, 0.5) is 0 Å². The Hall–Kier alpha value is -3.35. The third-order valence-corrected chi connectivity index (χ3v) is 3.66. The van der Waals surface area contributed by atoms with Crippen LogP contribution in [0.5, 0.6) is 5.75 Å². The van der Waals surface area contributed by atoms with Gasteiger partial charge in [0, 0.05) is 35.6 Å². The molecule has 0 fully saturated rings. The van der Waals surface area contributed by atoms with Gasteiger partial charge in [-0.1, -0.05) is 12.1 Å². The van der Waals surface area contributed by atoms with E-state index in [0.717, 1.165) is 11.3 Å². The van der Waals surface area contributed by atoms with E-state index in [0.29, 0.717) is 23.6 Å². The van der Waals surface area contributed by atoms with Crippen molar-refractivity contribution >= 4 is 5.91 Å². The van der Waals surface area contributed by atoms with E-state index >= 15 is 0 Å². The van der Waals surface area contributed by atoms with E-state index in [1.165, 1.54) is 6.07 Å². The van der Waals surface area contributed by atoms with Gasteiger partial charge in [-0.2, -0.15) is 5.10 Å². The fourth-order valence-electron chi connectivity index (χ4n) is 2.50. The molecule has 3 aromatic rings. The SMILES string of the molecule is COc1ccccc1-n1cc(CNC(=O)c2cc(C)[nH]c(=O)c2)cn1. The summed E-state index contributed by atoms with van der Waals surface area (Å²) in [5.41, 5.74) is 2.32. The molecular weight excluding hydrogens is 320 g/mol. The Kier molecular flexibility index (Phi) is 4.65. The fraction of sp³-hybridized carbons (Fsp3) is 0.167. The molecule has 1 aromatic carbocycles. The van der Waals surface area contributed by atoms with Gasteiger partial charge in [-0.25, -0.2) is 4.68 Å². The number of aromatic amines is 1. The van der Waals surface area contributed by atoms with Gasteiger partial charge in [0.1, 0.15) is 11.4 Å². The van der Waals surface area contributed by atoms with Crippen molar-refractivity contribution in [2.24, 2.45) is 0 Å². The van der Waals surface area contributed by atoms with Crippen LogP contribution in [-0.4, -0.2) is 27.8 Å². The minimum atomic E-state index is -0.306. The van der Waals surface area contributed by atoms with Gasteiger partial charge >= 0.3 is 0 Å². The minimum absolute atomic E-state index is 0.297. The summed E-state index contributed by atoms with van der Waals surface area (Å²) < 4.78 is 7.02. The number of ether oxygens (including phenoxy) is 1. The third kappa shape index (κ3) is 3.77. The van der Waals surface area contributed by atoms with Crippen LogP contribution in [-0.2, 0) is 6.54 Å². The first-order valence-electron chi connectivity index (χ1n) is 7.73. The Morgan fingerprint density at radius 2 is 2.12 bits per heavy atom. The fourth-order valence-corrected chi connectivity index (χ4v) is 2.50. The van der Waals surface area contributed by atoms with E-state index in [1.807, 2.05) is 30.5 Å². The number of hydrogen-bond acceptors (Lipinski definition) is 4. The minimum Gasteiger partial charge on any atom is -0.494 e. The second kappa shape index (κ2) is 7.04. The molecule has 0 bridgehead atoms. The van der Waals surface area contributed by atoms with Gasteiger partial charge in [0.2, 0.25) is 5.56 Å². The van der Waals surface area contributed by atoms with Gasteiger partial charge in [-0.05, 0) is 25.1 Å². The summed E-state index contributed by atoms with van der Waals surface area (Å²) in [6, 6.07) is 10.4. The van der Waals surface area contributed by atoms with E-state index < -0.39 is 0 Å². The Labute approximate surface area is 144 Å². The monoisotopic (exact) mass is 338 g/mol. The standard InChI is InChI=1S/C18H18N4O3/c1-12-7-14(8-17(23)21-12)18(24)19-9-13-10-20-22(11-13)15-5-3-4-6-16(15)25-2/h3-8,10-11H,9H2,1-2H3,(H,19,24)(H,21,23). The maximum absolute atomic E-state index is 12.2. The highest BCUT2D eigenvalue weighted by Gasteiger charge is 2.09. The van der Waals surface area contributed by atoms with Crippen LogP contribution in [0.3, 0.4) is 0 Å². The zero-order chi connectivity index (χ0) is 17.8. The third-order valence-electron chi connectivity index (χ3n) is 3.66. The van der Waals surface area contributed by atoms with E-state index in [1.54, 1.807) is 31.0 Å². The highest BCUT2D eigenvalue weighted by molar-refractivity contribution is 5.94. The quantitative estimate of drug-likeness (QED) is 0.742. The molecule has 7 heteroatoms. The number of aromatic nitrogens is 3. The second-order valence-corrected chi connectivity index (χ2v) is 5.56. The van der Waals surface area contributed by atoms with Gasteiger partial charge < -0.3 is 15.0 Å². The molecule has 0 spiro atoms. The Bertz CT molecular complexity index is 959. The summed E-state index contributed by atoms with van der Waals surface area (Å²) in [5.74, 6) is 0.402. The van der Waals surface area contributed by atoms with Crippen molar-refractivity contribution in [1.82, 2.24) is 20.1 Å². The maximum atomic E-state index is 12.2. The summed E-state index contributed by atoms with van der Waals surface area (Å²) in [5, 5.41) is 7.09. The largest absolute Gasteiger partial charge is 0.494 e. The number of methoxy groups -OCH3 is 1. The number of pyridine rings is 1. The number of H-pyrrole nitrogens is 1. The number of benzene rings is 1. The van der Waals surface area contributed by atoms with E-state index in [2.05, 4.69) is 15.4 Å². The Balaban J connectivity index is 1.71. The summed E-state index contributed by atoms with van der Waals surface area (Å²) in [7, 11) is 1.60. The number of rotatable bonds is 5. The molecule has 0 aliphatic heterocycles. The molecule has 0 saturated heterocycles. The summed E-state index contributed by atoms with van der Waals surface area (Å²) in [6.45, 7) is 2.04. The maximum Gasteiger partial charge on any atom is 0.251 e. The molecule has 128 valence electrons. The highest BCUT2D eigenvalue weighted by atomic mass is 16.5. The molecule has 3 rings (SSSR count). The van der Waals surface area contributed by atoms with Crippen molar-refractivity contribution < 1.29 is 9.53 Å². The molecule has 1 amide bonds. The van der Waals surface area contributed by atoms with E-state index in [4.69, 9.17) is 4.74 Å². The zero-order valence-electron chi connectivity index (χ0n) is 13.9. The molecule has 0 radical (unpaired) electrons. The van der Waals surface area contributed by atoms with Crippen molar-refractivity contribution in [2.45, 2.75) is 13.5 Å². The highest BCUT2D eigenvalue weighted by Crippen LogP contribution is 2.21. The van der Waals surface area contributed by atoms with E-state index in [-0.39, 0.29) is 11.5 Å². The first kappa shape index (κ1) is 16.5. The lowest BCUT2D eigenvalue weighted by molar-refractivity contribution is 0.0950. The Morgan fingerprint density at radius 1 is 1.32 bits per heavy atom. The van der Waals surface area contributed by atoms with Crippen LogP contribution >= 0.6 is 0 Å². The van der Waals surface area contributed by atoms with Crippen LogP contribution < -0.4 is 15.6 Å². The molecule has 0 unspecified atom stereocenters. The van der Waals surface area contributed by atoms with Crippen LogP contribution in [0, 0.1) is 6.92 Å². The van der Waals surface area contributed by atoms with Crippen molar-refractivity contribution in [1.29, 1.82) is 0 Å². The van der Waals surface area contributed by atoms with Gasteiger partial charge in [0.25, 0.3) is 5.91 Å². The lowest BCUT2D eigenvalue weighted by atomic mass is 10.2. The van der Waals surface area contributed by atoms with Crippen molar-refractivity contribution in [3.63, 3.8) is 0 Å². The van der Waals surface area contributed by atoms with Crippen LogP contribution in [0.25, 0.3) is 5.69 Å². The second-order valence-electron chi connectivity index (χ2n) is 5.56. The topological polar surface area (TPSA) is 89.0 Å². The average Bonchev–Trinajstić information content (AvgIpc) is 3.07. The predicted octanol–water partition coefficient (Wildman–Crippen LogP) is 1.81. The molecule has 0 saturated carbocycles. The first-order chi connectivity index (χ1) is 12.1. The summed E-state index contributed by atoms with van der Waals surface area (Å²) in [4.78, 5) is 26.2. The number of para-hydroxylation sites is 2. The molecule has 0 aliphatic rings. The molecule has 2 N–H and O–H groups in total. The predicted molar refractivity (Wildman–Crippen MR) is 93.1 cm³/mol. The van der Waals surface area contributed by atoms with Crippen molar-refractivity contribution in [3.8, 4) is 11.4 Å². The first-order valence-corrected chi connectivity index (χ1v) is 7.73.